The van der Waals surface area contributed by atoms with Crippen molar-refractivity contribution in [3.05, 3.63) is 5.82 Å². The number of hydrogen-bond donors (Lipinski definition) is 1. The van der Waals surface area contributed by atoms with Crippen molar-refractivity contribution in [3.63, 3.8) is 0 Å². The number of amides is 1. The summed E-state index contributed by atoms with van der Waals surface area (Å²) in [5, 5.41) is 9.21. The minimum atomic E-state index is 0.235. The van der Waals surface area contributed by atoms with Gasteiger partial charge in [-0.05, 0) is 26.7 Å². The van der Waals surface area contributed by atoms with Crippen LogP contribution in [0, 0.1) is 0 Å². The number of nitrogens with two attached hydrogens (primary N) is 1. The summed E-state index contributed by atoms with van der Waals surface area (Å²) in [6.07, 6.45) is 2.48. The molecule has 0 fully saturated rings. The van der Waals surface area contributed by atoms with E-state index in [-0.39, 0.29) is 5.91 Å². The summed E-state index contributed by atoms with van der Waals surface area (Å²) in [4.78, 5) is 13.8. The first kappa shape index (κ1) is 18.0. The van der Waals surface area contributed by atoms with E-state index in [1.54, 1.807) is 11.8 Å². The quantitative estimate of drug-likeness (QED) is 0.527. The van der Waals surface area contributed by atoms with Gasteiger partial charge in [0.05, 0.1) is 6.54 Å². The Morgan fingerprint density at radius 3 is 2.57 bits per heavy atom. The Bertz CT molecular complexity index is 431. The summed E-state index contributed by atoms with van der Waals surface area (Å²) >= 11 is 1.66. The normalized spacial score (nSPS) is 10.9. The van der Waals surface area contributed by atoms with Gasteiger partial charge in [-0.3, -0.25) is 4.79 Å². The third kappa shape index (κ3) is 5.32. The predicted octanol–water partition coefficient (Wildman–Crippen LogP) is 1.89. The molecule has 0 aliphatic carbocycles. The van der Waals surface area contributed by atoms with Crippen molar-refractivity contribution >= 4 is 17.7 Å². The fourth-order valence-corrected chi connectivity index (χ4v) is 3.07. The lowest BCUT2D eigenvalue weighted by molar-refractivity contribution is -0.130. The van der Waals surface area contributed by atoms with Crippen LogP contribution in [0.2, 0.25) is 0 Å². The van der Waals surface area contributed by atoms with Crippen LogP contribution in [-0.4, -0.2) is 44.4 Å². The second kappa shape index (κ2) is 9.78. The van der Waals surface area contributed by atoms with Crippen LogP contribution in [0.15, 0.2) is 5.16 Å². The molecule has 1 aromatic heterocycles. The molecule has 2 N–H and O–H groups in total. The van der Waals surface area contributed by atoms with Crippen molar-refractivity contribution in [2.24, 2.45) is 5.73 Å². The van der Waals surface area contributed by atoms with Gasteiger partial charge in [-0.1, -0.05) is 18.7 Å². The number of aromatic nitrogens is 3. The molecule has 0 aliphatic rings. The van der Waals surface area contributed by atoms with Gasteiger partial charge in [-0.25, -0.2) is 0 Å². The molecule has 1 aromatic rings. The largest absolute Gasteiger partial charge is 0.343 e. The van der Waals surface area contributed by atoms with Crippen molar-refractivity contribution < 1.29 is 4.79 Å². The minimum absolute atomic E-state index is 0.235. The van der Waals surface area contributed by atoms with Gasteiger partial charge in [0.25, 0.3) is 0 Å². The molecule has 0 radical (unpaired) electrons. The maximum Gasteiger partial charge on any atom is 0.222 e. The van der Waals surface area contributed by atoms with Gasteiger partial charge in [0.1, 0.15) is 5.82 Å². The van der Waals surface area contributed by atoms with Crippen LogP contribution >= 0.6 is 11.8 Å². The Morgan fingerprint density at radius 1 is 1.29 bits per heavy atom. The number of hydrogen-bond acceptors (Lipinski definition) is 5. The lowest BCUT2D eigenvalue weighted by Crippen LogP contribution is -2.30. The van der Waals surface area contributed by atoms with E-state index < -0.39 is 0 Å². The highest BCUT2D eigenvalue weighted by Crippen LogP contribution is 2.19. The summed E-state index contributed by atoms with van der Waals surface area (Å²) in [6, 6.07) is 0. The van der Waals surface area contributed by atoms with E-state index >= 15 is 0 Å². The van der Waals surface area contributed by atoms with Crippen LogP contribution in [0.4, 0.5) is 0 Å². The molecular formula is C14H27N5OS. The summed E-state index contributed by atoms with van der Waals surface area (Å²) < 4.78 is 2.08. The fraction of sp³-hybridized carbons (Fsp3) is 0.786. The molecule has 7 heteroatoms. The number of carbonyl (C=O) groups is 1. The van der Waals surface area contributed by atoms with E-state index in [4.69, 9.17) is 5.73 Å². The van der Waals surface area contributed by atoms with Gasteiger partial charge >= 0.3 is 0 Å². The molecule has 1 heterocycles. The molecule has 0 unspecified atom stereocenters. The van der Waals surface area contributed by atoms with Crippen LogP contribution in [0.5, 0.6) is 0 Å². The molecule has 6 nitrogen and oxygen atoms in total. The first-order valence-electron chi connectivity index (χ1n) is 7.70. The zero-order valence-corrected chi connectivity index (χ0v) is 14.2. The van der Waals surface area contributed by atoms with Gasteiger partial charge in [-0.2, -0.15) is 0 Å². The van der Waals surface area contributed by atoms with E-state index in [1.807, 2.05) is 18.7 Å². The maximum absolute atomic E-state index is 11.9. The molecular weight excluding hydrogens is 286 g/mol. The smallest absolute Gasteiger partial charge is 0.222 e. The Balaban J connectivity index is 2.42. The molecule has 1 amide bonds. The van der Waals surface area contributed by atoms with Crippen LogP contribution in [0.25, 0.3) is 0 Å². The topological polar surface area (TPSA) is 77.0 Å². The van der Waals surface area contributed by atoms with Crippen molar-refractivity contribution in [2.75, 3.05) is 18.8 Å². The van der Waals surface area contributed by atoms with Crippen molar-refractivity contribution in [2.45, 2.75) is 58.3 Å². The molecule has 0 bridgehead atoms. The summed E-state index contributed by atoms with van der Waals surface area (Å²) in [6.45, 7) is 9.02. The summed E-state index contributed by atoms with van der Waals surface area (Å²) in [5.74, 6) is 1.94. The average Bonchev–Trinajstić information content (AvgIpc) is 2.87. The van der Waals surface area contributed by atoms with Crippen LogP contribution in [0.3, 0.4) is 0 Å². The van der Waals surface area contributed by atoms with Crippen LogP contribution in [0.1, 0.15) is 45.9 Å². The van der Waals surface area contributed by atoms with Gasteiger partial charge < -0.3 is 15.2 Å². The molecule has 0 saturated carbocycles. The zero-order chi connectivity index (χ0) is 15.7. The van der Waals surface area contributed by atoms with E-state index in [9.17, 15) is 4.79 Å². The molecule has 1 rings (SSSR count). The minimum Gasteiger partial charge on any atom is -0.343 e. The maximum atomic E-state index is 11.9. The third-order valence-electron chi connectivity index (χ3n) is 3.31. The molecule has 21 heavy (non-hydrogen) atoms. The second-order valence-electron chi connectivity index (χ2n) is 4.77. The Hall–Kier alpha value is -1.08. The third-order valence-corrected chi connectivity index (χ3v) is 4.36. The molecule has 0 spiro atoms. The van der Waals surface area contributed by atoms with Gasteiger partial charge in [0.15, 0.2) is 5.16 Å². The molecule has 0 aromatic carbocycles. The zero-order valence-electron chi connectivity index (χ0n) is 13.3. The number of rotatable bonds is 10. The number of nitrogens with zero attached hydrogens (tertiary/aromatic N) is 4. The van der Waals surface area contributed by atoms with Gasteiger partial charge in [0.2, 0.25) is 5.91 Å². The van der Waals surface area contributed by atoms with E-state index in [0.29, 0.717) is 13.0 Å². The van der Waals surface area contributed by atoms with E-state index in [2.05, 4.69) is 21.7 Å². The summed E-state index contributed by atoms with van der Waals surface area (Å²) in [5.41, 5.74) is 5.67. The predicted molar refractivity (Wildman–Crippen MR) is 86.1 cm³/mol. The van der Waals surface area contributed by atoms with Crippen molar-refractivity contribution in [1.82, 2.24) is 19.7 Å². The molecule has 0 saturated heterocycles. The first-order valence-corrected chi connectivity index (χ1v) is 8.69. The fourth-order valence-electron chi connectivity index (χ4n) is 2.15. The molecule has 120 valence electrons. The van der Waals surface area contributed by atoms with Crippen LogP contribution in [-0.2, 0) is 17.9 Å². The molecule has 0 aliphatic heterocycles. The van der Waals surface area contributed by atoms with E-state index in [0.717, 1.165) is 49.2 Å². The highest BCUT2D eigenvalue weighted by atomic mass is 32.2. The Morgan fingerprint density at radius 2 is 2.00 bits per heavy atom. The van der Waals surface area contributed by atoms with E-state index in [1.165, 1.54) is 0 Å². The lowest BCUT2D eigenvalue weighted by Gasteiger charge is -2.18. The Labute approximate surface area is 131 Å². The van der Waals surface area contributed by atoms with Crippen molar-refractivity contribution in [1.29, 1.82) is 0 Å². The number of thioether (sulfide) groups is 1. The number of carbonyl (C=O) groups excluding carboxylic acids is 1. The van der Waals surface area contributed by atoms with Crippen LogP contribution < -0.4 is 5.73 Å². The standard InChI is InChI=1S/C14H27N5OS/c1-4-9-19-12(11-15)16-17-14(19)21-10-7-8-13(20)18(5-2)6-3/h4-11,15H2,1-3H3. The lowest BCUT2D eigenvalue weighted by atomic mass is 10.3. The average molecular weight is 313 g/mol. The summed E-state index contributed by atoms with van der Waals surface area (Å²) in [7, 11) is 0. The van der Waals surface area contributed by atoms with Gasteiger partial charge in [0, 0.05) is 31.8 Å². The second-order valence-corrected chi connectivity index (χ2v) is 5.83. The first-order chi connectivity index (χ1) is 10.2. The Kier molecular flexibility index (Phi) is 8.37. The highest BCUT2D eigenvalue weighted by Gasteiger charge is 2.12. The van der Waals surface area contributed by atoms with Gasteiger partial charge in [-0.15, -0.1) is 10.2 Å². The van der Waals surface area contributed by atoms with Crippen molar-refractivity contribution in [3.8, 4) is 0 Å². The SMILES string of the molecule is CCCn1c(CN)nnc1SCCCC(=O)N(CC)CC. The monoisotopic (exact) mass is 313 g/mol. The molecule has 0 atom stereocenters. The highest BCUT2D eigenvalue weighted by molar-refractivity contribution is 7.99.